The molecule has 2 aliphatic carbocycles. The molecule has 0 saturated heterocycles. The van der Waals surface area contributed by atoms with Crippen LogP contribution < -0.4 is 5.43 Å². The lowest BCUT2D eigenvalue weighted by Crippen LogP contribution is -2.44. The molecule has 0 amide bonds. The molecular formula is C22H25N3. The summed E-state index contributed by atoms with van der Waals surface area (Å²) in [6.45, 7) is 0. The molecule has 0 radical (unpaired) electrons. The van der Waals surface area contributed by atoms with E-state index in [0.717, 1.165) is 6.42 Å². The van der Waals surface area contributed by atoms with Crippen molar-refractivity contribution in [3.05, 3.63) is 71.8 Å². The van der Waals surface area contributed by atoms with Gasteiger partial charge in [0.15, 0.2) is 0 Å². The quantitative estimate of drug-likeness (QED) is 0.763. The van der Waals surface area contributed by atoms with Crippen molar-refractivity contribution in [3.63, 3.8) is 0 Å². The first-order valence-electron chi connectivity index (χ1n) is 9.36. The Labute approximate surface area is 149 Å². The zero-order valence-electron chi connectivity index (χ0n) is 14.5. The largest absolute Gasteiger partial charge is 0.302 e. The summed E-state index contributed by atoms with van der Waals surface area (Å²) < 4.78 is 0. The van der Waals surface area contributed by atoms with E-state index < -0.39 is 0 Å². The molecule has 1 heterocycles. The average molecular weight is 331 g/mol. The number of nitrogens with one attached hydrogen (secondary N) is 2. The second-order valence-corrected chi connectivity index (χ2v) is 7.12. The average Bonchev–Trinajstić information content (AvgIpc) is 2.63. The predicted octanol–water partition coefficient (Wildman–Crippen LogP) is 4.63. The Balaban J connectivity index is 1.71. The molecule has 128 valence electrons. The van der Waals surface area contributed by atoms with Crippen molar-refractivity contribution in [2.75, 3.05) is 0 Å². The van der Waals surface area contributed by atoms with Gasteiger partial charge in [0.05, 0.1) is 17.5 Å². The predicted molar refractivity (Wildman–Crippen MR) is 104 cm³/mol. The number of hydrogen-bond donors (Lipinski definition) is 2. The Morgan fingerprint density at radius 1 is 1.00 bits per heavy atom. The summed E-state index contributed by atoms with van der Waals surface area (Å²) in [4.78, 5) is 0. The van der Waals surface area contributed by atoms with Crippen LogP contribution in [0.4, 0.5) is 0 Å². The van der Waals surface area contributed by atoms with Gasteiger partial charge in [-0.05, 0) is 42.6 Å². The summed E-state index contributed by atoms with van der Waals surface area (Å²) in [7, 11) is 0. The third-order valence-electron chi connectivity index (χ3n) is 5.44. The minimum atomic E-state index is 0.205. The molecule has 3 aliphatic rings. The zero-order valence-corrected chi connectivity index (χ0v) is 14.5. The van der Waals surface area contributed by atoms with Crippen LogP contribution in [0.2, 0.25) is 0 Å². The van der Waals surface area contributed by atoms with Gasteiger partial charge in [-0.25, -0.2) is 0 Å². The lowest BCUT2D eigenvalue weighted by atomic mass is 9.75. The molecule has 1 aromatic carbocycles. The number of benzene rings is 1. The molecule has 0 saturated carbocycles. The molecule has 2 atom stereocenters. The molecule has 25 heavy (non-hydrogen) atoms. The number of nitrogens with zero attached hydrogens (tertiary/aromatic N) is 1. The maximum atomic E-state index is 7.75. The van der Waals surface area contributed by atoms with E-state index in [9.17, 15) is 0 Å². The topological polar surface area (TPSA) is 48.2 Å². The van der Waals surface area contributed by atoms with Crippen LogP contribution in [0, 0.1) is 17.2 Å². The minimum Gasteiger partial charge on any atom is -0.302 e. The summed E-state index contributed by atoms with van der Waals surface area (Å²) in [6, 6.07) is 10.8. The first-order chi connectivity index (χ1) is 12.3. The van der Waals surface area contributed by atoms with Crippen molar-refractivity contribution in [1.29, 1.82) is 5.41 Å². The first kappa shape index (κ1) is 16.1. The van der Waals surface area contributed by atoms with Crippen molar-refractivity contribution in [2.45, 2.75) is 38.1 Å². The summed E-state index contributed by atoms with van der Waals surface area (Å²) >= 11 is 0. The molecule has 2 unspecified atom stereocenters. The third kappa shape index (κ3) is 3.37. The first-order valence-corrected chi connectivity index (χ1v) is 9.36. The van der Waals surface area contributed by atoms with Gasteiger partial charge in [-0.1, -0.05) is 61.4 Å². The third-order valence-corrected chi connectivity index (χ3v) is 5.44. The standard InChI is InChI=1S/C22H25N3/c23-18-14-12-17(13-15-18)22-20-11-7-2-1-6-10-19(20)21(24-25-22)16-8-4-3-5-9-16/h3-5,8-9,11-15,17,19,22-23,25H,1-2,6-7,10H2. The number of hydrazone groups is 1. The number of fused-ring (bicyclic) bond motifs is 1. The van der Waals surface area contributed by atoms with Crippen molar-refractivity contribution in [1.82, 2.24) is 5.43 Å². The van der Waals surface area contributed by atoms with Crippen LogP contribution in [0.3, 0.4) is 0 Å². The fourth-order valence-corrected chi connectivity index (χ4v) is 4.13. The van der Waals surface area contributed by atoms with Gasteiger partial charge in [-0.2, -0.15) is 5.10 Å². The SMILES string of the molecule is N=C1C=CC(C2NN=C(c3ccccc3)C3CCCCCC=C32)C=C1. The van der Waals surface area contributed by atoms with E-state index in [-0.39, 0.29) is 12.0 Å². The molecule has 2 N–H and O–H groups in total. The molecule has 0 spiro atoms. The van der Waals surface area contributed by atoms with Crippen LogP contribution in [-0.4, -0.2) is 17.5 Å². The summed E-state index contributed by atoms with van der Waals surface area (Å²) in [6.07, 6.45) is 16.7. The molecule has 1 aliphatic heterocycles. The Morgan fingerprint density at radius 3 is 2.60 bits per heavy atom. The van der Waals surface area contributed by atoms with E-state index in [4.69, 9.17) is 10.5 Å². The molecule has 0 aromatic heterocycles. The maximum Gasteiger partial charge on any atom is 0.0753 e. The van der Waals surface area contributed by atoms with Gasteiger partial charge in [0.2, 0.25) is 0 Å². The van der Waals surface area contributed by atoms with Crippen molar-refractivity contribution in [3.8, 4) is 0 Å². The molecule has 3 nitrogen and oxygen atoms in total. The van der Waals surface area contributed by atoms with Gasteiger partial charge in [0.25, 0.3) is 0 Å². The van der Waals surface area contributed by atoms with E-state index in [0.29, 0.717) is 11.6 Å². The van der Waals surface area contributed by atoms with Crippen LogP contribution in [0.15, 0.2) is 71.4 Å². The van der Waals surface area contributed by atoms with Crippen LogP contribution >= 0.6 is 0 Å². The number of allylic oxidation sites excluding steroid dienone is 3. The number of hydrogen-bond acceptors (Lipinski definition) is 3. The highest BCUT2D eigenvalue weighted by molar-refractivity contribution is 6.04. The van der Waals surface area contributed by atoms with Crippen LogP contribution in [0.25, 0.3) is 0 Å². The molecule has 0 fully saturated rings. The zero-order chi connectivity index (χ0) is 17.1. The minimum absolute atomic E-state index is 0.205. The van der Waals surface area contributed by atoms with E-state index in [1.807, 2.05) is 12.2 Å². The highest BCUT2D eigenvalue weighted by Gasteiger charge is 2.34. The highest BCUT2D eigenvalue weighted by Crippen LogP contribution is 2.35. The van der Waals surface area contributed by atoms with Gasteiger partial charge in [0.1, 0.15) is 0 Å². The fraction of sp³-hybridized carbons (Fsp3) is 0.364. The van der Waals surface area contributed by atoms with Gasteiger partial charge in [-0.3, -0.25) is 0 Å². The smallest absolute Gasteiger partial charge is 0.0753 e. The summed E-state index contributed by atoms with van der Waals surface area (Å²) in [5.74, 6) is 0.667. The second kappa shape index (κ2) is 7.22. The molecular weight excluding hydrogens is 306 g/mol. The Kier molecular flexibility index (Phi) is 4.64. The molecule has 1 aromatic rings. The van der Waals surface area contributed by atoms with Gasteiger partial charge in [-0.15, -0.1) is 0 Å². The van der Waals surface area contributed by atoms with Gasteiger partial charge >= 0.3 is 0 Å². The normalized spacial score (nSPS) is 29.0. The molecule has 4 rings (SSSR count). The van der Waals surface area contributed by atoms with Crippen molar-refractivity contribution in [2.24, 2.45) is 16.9 Å². The van der Waals surface area contributed by atoms with Crippen LogP contribution in [-0.2, 0) is 0 Å². The Bertz CT molecular complexity index is 739. The van der Waals surface area contributed by atoms with Crippen molar-refractivity contribution >= 4 is 11.4 Å². The summed E-state index contributed by atoms with van der Waals surface area (Å²) in [5, 5.41) is 12.6. The lowest BCUT2D eigenvalue weighted by Gasteiger charge is -2.37. The Hall–Kier alpha value is -2.42. The van der Waals surface area contributed by atoms with Gasteiger partial charge < -0.3 is 10.8 Å². The number of rotatable bonds is 2. The summed E-state index contributed by atoms with van der Waals surface area (Å²) in [5.41, 5.74) is 7.91. The maximum absolute atomic E-state index is 7.75. The van der Waals surface area contributed by atoms with Crippen LogP contribution in [0.1, 0.15) is 37.7 Å². The van der Waals surface area contributed by atoms with E-state index in [2.05, 4.69) is 54.0 Å². The van der Waals surface area contributed by atoms with E-state index >= 15 is 0 Å². The fourth-order valence-electron chi connectivity index (χ4n) is 4.13. The van der Waals surface area contributed by atoms with Crippen molar-refractivity contribution < 1.29 is 0 Å². The van der Waals surface area contributed by atoms with Crippen LogP contribution in [0.5, 0.6) is 0 Å². The second-order valence-electron chi connectivity index (χ2n) is 7.12. The highest BCUT2D eigenvalue weighted by atomic mass is 15.3. The monoisotopic (exact) mass is 331 g/mol. The van der Waals surface area contributed by atoms with E-state index in [1.54, 1.807) is 0 Å². The van der Waals surface area contributed by atoms with E-state index in [1.165, 1.54) is 42.5 Å². The Morgan fingerprint density at radius 2 is 1.80 bits per heavy atom. The lowest BCUT2D eigenvalue weighted by molar-refractivity contribution is 0.444. The molecule has 0 bridgehead atoms. The molecule has 3 heteroatoms. The van der Waals surface area contributed by atoms with Gasteiger partial charge in [0, 0.05) is 11.8 Å².